The largest absolute Gasteiger partial charge is 0.349 e. The van der Waals surface area contributed by atoms with E-state index in [-0.39, 0.29) is 23.1 Å². The average Bonchev–Trinajstić information content (AvgIpc) is 2.37. The van der Waals surface area contributed by atoms with Crippen molar-refractivity contribution in [2.45, 2.75) is 33.7 Å². The number of hydrogen-bond donors (Lipinski definition) is 1. The van der Waals surface area contributed by atoms with Crippen LogP contribution in [0.1, 0.15) is 36.7 Å². The molecule has 0 aliphatic carbocycles. The second-order valence-electron chi connectivity index (χ2n) is 5.16. The molecular weight excluding hydrogens is 278 g/mol. The lowest BCUT2D eigenvalue weighted by Gasteiger charge is -2.17. The van der Waals surface area contributed by atoms with E-state index < -0.39 is 27.1 Å². The summed E-state index contributed by atoms with van der Waals surface area (Å²) in [6.45, 7) is 6.89. The third-order valence-electron chi connectivity index (χ3n) is 3.37. The van der Waals surface area contributed by atoms with Crippen LogP contribution in [0.15, 0.2) is 12.1 Å². The van der Waals surface area contributed by atoms with Gasteiger partial charge in [-0.1, -0.05) is 13.8 Å². The lowest BCUT2D eigenvalue weighted by Crippen LogP contribution is -2.36. The van der Waals surface area contributed by atoms with Crippen LogP contribution in [0, 0.1) is 33.1 Å². The van der Waals surface area contributed by atoms with Crippen molar-refractivity contribution >= 4 is 17.3 Å². The molecule has 0 aliphatic heterocycles. The lowest BCUT2D eigenvalue weighted by molar-refractivity contribution is -0.395. The number of carbonyl (C=O) groups excluding carboxylic acids is 1. The second kappa shape index (κ2) is 6.29. The molecule has 1 aromatic carbocycles. The molecule has 1 N–H and O–H groups in total. The van der Waals surface area contributed by atoms with Gasteiger partial charge in [0.15, 0.2) is 0 Å². The Hall–Kier alpha value is -2.51. The number of hydrogen-bond acceptors (Lipinski definition) is 5. The number of nitrogens with one attached hydrogen (secondary N) is 1. The van der Waals surface area contributed by atoms with Gasteiger partial charge in [-0.05, 0) is 19.8 Å². The fourth-order valence-electron chi connectivity index (χ4n) is 1.65. The van der Waals surface area contributed by atoms with Gasteiger partial charge in [0, 0.05) is 18.2 Å². The fourth-order valence-corrected chi connectivity index (χ4v) is 1.65. The monoisotopic (exact) mass is 295 g/mol. The Kier molecular flexibility index (Phi) is 4.96. The summed E-state index contributed by atoms with van der Waals surface area (Å²) in [6, 6.07) is 1.96. The minimum atomic E-state index is -0.731. The molecule has 8 heteroatoms. The van der Waals surface area contributed by atoms with Gasteiger partial charge in [-0.25, -0.2) is 0 Å². The highest BCUT2D eigenvalue weighted by Crippen LogP contribution is 2.29. The van der Waals surface area contributed by atoms with Crippen molar-refractivity contribution in [1.29, 1.82) is 0 Å². The highest BCUT2D eigenvalue weighted by molar-refractivity contribution is 5.96. The molecule has 0 saturated carbocycles. The average molecular weight is 295 g/mol. The predicted octanol–water partition coefficient (Wildman–Crippen LogP) is 2.59. The van der Waals surface area contributed by atoms with E-state index in [2.05, 4.69) is 5.32 Å². The normalized spacial score (nSPS) is 12.0. The molecule has 1 aromatic rings. The zero-order valence-electron chi connectivity index (χ0n) is 12.2. The van der Waals surface area contributed by atoms with Crippen molar-refractivity contribution in [2.24, 2.45) is 5.92 Å². The Balaban J connectivity index is 3.27. The summed E-state index contributed by atoms with van der Waals surface area (Å²) < 4.78 is 0. The van der Waals surface area contributed by atoms with Gasteiger partial charge in [0.2, 0.25) is 0 Å². The van der Waals surface area contributed by atoms with Crippen molar-refractivity contribution in [1.82, 2.24) is 5.32 Å². The quantitative estimate of drug-likeness (QED) is 0.662. The van der Waals surface area contributed by atoms with Crippen LogP contribution >= 0.6 is 0 Å². The molecule has 0 radical (unpaired) electrons. The maximum Gasteiger partial charge on any atom is 0.279 e. The second-order valence-corrected chi connectivity index (χ2v) is 5.16. The number of benzene rings is 1. The maximum absolute atomic E-state index is 12.1. The molecule has 0 saturated heterocycles. The van der Waals surface area contributed by atoms with Gasteiger partial charge < -0.3 is 5.32 Å². The number of nitro groups is 2. The van der Waals surface area contributed by atoms with Crippen molar-refractivity contribution in [2.75, 3.05) is 0 Å². The molecular formula is C13H17N3O5. The van der Waals surface area contributed by atoms with E-state index in [0.717, 1.165) is 12.1 Å². The summed E-state index contributed by atoms with van der Waals surface area (Å²) in [5.41, 5.74) is -1.04. The first kappa shape index (κ1) is 16.5. The van der Waals surface area contributed by atoms with Gasteiger partial charge in [0.1, 0.15) is 5.56 Å². The number of rotatable bonds is 5. The van der Waals surface area contributed by atoms with Gasteiger partial charge >= 0.3 is 0 Å². The van der Waals surface area contributed by atoms with E-state index in [4.69, 9.17) is 0 Å². The Bertz CT molecular complexity index is 562. The number of nitrogens with zero attached hydrogens (tertiary/aromatic N) is 2. The van der Waals surface area contributed by atoms with E-state index in [1.165, 1.54) is 6.92 Å². The van der Waals surface area contributed by atoms with Gasteiger partial charge in [-0.2, -0.15) is 0 Å². The minimum absolute atomic E-state index is 0.0709. The van der Waals surface area contributed by atoms with E-state index in [1.807, 2.05) is 13.8 Å². The van der Waals surface area contributed by atoms with Crippen LogP contribution in [-0.2, 0) is 0 Å². The smallest absolute Gasteiger partial charge is 0.279 e. The lowest BCUT2D eigenvalue weighted by atomic mass is 10.0. The van der Waals surface area contributed by atoms with Crippen molar-refractivity contribution in [3.8, 4) is 0 Å². The van der Waals surface area contributed by atoms with Crippen molar-refractivity contribution < 1.29 is 14.6 Å². The molecule has 0 fully saturated rings. The number of nitro benzene ring substituents is 2. The Morgan fingerprint density at radius 3 is 1.86 bits per heavy atom. The molecule has 21 heavy (non-hydrogen) atoms. The van der Waals surface area contributed by atoms with Gasteiger partial charge in [0.05, 0.1) is 15.4 Å². The molecule has 0 aromatic heterocycles. The Morgan fingerprint density at radius 1 is 1.10 bits per heavy atom. The molecule has 1 atom stereocenters. The molecule has 0 aliphatic rings. The van der Waals surface area contributed by atoms with Crippen LogP contribution in [0.2, 0.25) is 0 Å². The third kappa shape index (κ3) is 3.74. The molecule has 0 spiro atoms. The summed E-state index contributed by atoms with van der Waals surface area (Å²) in [7, 11) is 0. The van der Waals surface area contributed by atoms with E-state index in [9.17, 15) is 25.0 Å². The molecule has 1 unspecified atom stereocenters. The van der Waals surface area contributed by atoms with Crippen molar-refractivity contribution in [3.05, 3.63) is 43.5 Å². The van der Waals surface area contributed by atoms with E-state index in [0.29, 0.717) is 0 Å². The van der Waals surface area contributed by atoms with Crippen LogP contribution in [0.5, 0.6) is 0 Å². The molecule has 0 bridgehead atoms. The molecule has 1 rings (SSSR count). The molecule has 8 nitrogen and oxygen atoms in total. The number of carbonyl (C=O) groups is 1. The van der Waals surface area contributed by atoms with Crippen LogP contribution < -0.4 is 5.32 Å². The summed E-state index contributed by atoms with van der Waals surface area (Å²) in [6.07, 6.45) is 0. The summed E-state index contributed by atoms with van der Waals surface area (Å²) in [4.78, 5) is 32.5. The van der Waals surface area contributed by atoms with Crippen LogP contribution in [-0.4, -0.2) is 21.8 Å². The zero-order valence-corrected chi connectivity index (χ0v) is 12.2. The van der Waals surface area contributed by atoms with Gasteiger partial charge in [-0.15, -0.1) is 0 Å². The summed E-state index contributed by atoms with van der Waals surface area (Å²) in [5, 5.41) is 24.6. The molecule has 0 heterocycles. The van der Waals surface area contributed by atoms with E-state index >= 15 is 0 Å². The highest BCUT2D eigenvalue weighted by Gasteiger charge is 2.25. The minimum Gasteiger partial charge on any atom is -0.349 e. The topological polar surface area (TPSA) is 115 Å². The first-order chi connectivity index (χ1) is 9.65. The Labute approximate surface area is 121 Å². The SMILES string of the molecule is Cc1c([N+](=O)[O-])cc(C(=O)NC(C)C(C)C)cc1[N+](=O)[O-]. The summed E-state index contributed by atoms with van der Waals surface area (Å²) >= 11 is 0. The molecule has 114 valence electrons. The first-order valence-corrected chi connectivity index (χ1v) is 6.39. The number of amides is 1. The van der Waals surface area contributed by atoms with Crippen molar-refractivity contribution in [3.63, 3.8) is 0 Å². The highest BCUT2D eigenvalue weighted by atomic mass is 16.6. The van der Waals surface area contributed by atoms with Crippen LogP contribution in [0.3, 0.4) is 0 Å². The van der Waals surface area contributed by atoms with Crippen LogP contribution in [0.4, 0.5) is 11.4 Å². The third-order valence-corrected chi connectivity index (χ3v) is 3.37. The molecule has 1 amide bonds. The van der Waals surface area contributed by atoms with E-state index in [1.54, 1.807) is 6.92 Å². The van der Waals surface area contributed by atoms with Crippen LogP contribution in [0.25, 0.3) is 0 Å². The predicted molar refractivity (Wildman–Crippen MR) is 76.3 cm³/mol. The van der Waals surface area contributed by atoms with Gasteiger partial charge in [0.25, 0.3) is 17.3 Å². The van der Waals surface area contributed by atoms with Gasteiger partial charge in [-0.3, -0.25) is 25.0 Å². The fraction of sp³-hybridized carbons (Fsp3) is 0.462. The first-order valence-electron chi connectivity index (χ1n) is 6.39. The Morgan fingerprint density at radius 2 is 1.52 bits per heavy atom. The zero-order chi connectivity index (χ0) is 16.3. The maximum atomic E-state index is 12.1. The summed E-state index contributed by atoms with van der Waals surface area (Å²) in [5.74, 6) is -0.397. The standard InChI is InChI=1S/C13H17N3O5/c1-7(2)9(4)14-13(17)10-5-11(15(18)19)8(3)12(6-10)16(20)21/h5-7,9H,1-4H3,(H,14,17).